The van der Waals surface area contributed by atoms with E-state index in [0.29, 0.717) is 10.7 Å². The Bertz CT molecular complexity index is 1020. The van der Waals surface area contributed by atoms with Crippen molar-refractivity contribution in [1.29, 1.82) is 0 Å². The fraction of sp³-hybridized carbons (Fsp3) is 0. The van der Waals surface area contributed by atoms with Crippen LogP contribution in [0.4, 0.5) is 16.5 Å². The summed E-state index contributed by atoms with van der Waals surface area (Å²) in [6.07, 6.45) is 1.56. The van der Waals surface area contributed by atoms with Crippen LogP contribution in [0.2, 0.25) is 0 Å². The molecule has 2 aromatic heterocycles. The van der Waals surface area contributed by atoms with Crippen molar-refractivity contribution >= 4 is 45.2 Å². The highest BCUT2D eigenvalue weighted by molar-refractivity contribution is 7.80. The van der Waals surface area contributed by atoms with Crippen molar-refractivity contribution in [2.75, 3.05) is 0 Å². The van der Waals surface area contributed by atoms with E-state index in [9.17, 15) is 14.9 Å². The maximum Gasteiger partial charge on any atom is 0.301 e. The van der Waals surface area contributed by atoms with E-state index in [0.717, 1.165) is 4.68 Å². The second kappa shape index (κ2) is 6.70. The van der Waals surface area contributed by atoms with Gasteiger partial charge in [0, 0.05) is 29.3 Å². The molecule has 126 valence electrons. The Hall–Kier alpha value is -3.25. The molecule has 0 radical (unpaired) electrons. The molecule has 0 saturated heterocycles. The van der Waals surface area contributed by atoms with E-state index in [1.54, 1.807) is 11.6 Å². The number of hydrogen-bond acceptors (Lipinski definition) is 8. The fourth-order valence-electron chi connectivity index (χ4n) is 1.99. The predicted octanol–water partition coefficient (Wildman–Crippen LogP) is 2.72. The van der Waals surface area contributed by atoms with E-state index in [2.05, 4.69) is 20.3 Å². The van der Waals surface area contributed by atoms with Crippen molar-refractivity contribution in [2.45, 2.75) is 0 Å². The molecule has 0 unspecified atom stereocenters. The third-order valence-electron chi connectivity index (χ3n) is 3.11. The second-order valence-corrected chi connectivity index (χ2v) is 5.92. The summed E-state index contributed by atoms with van der Waals surface area (Å²) in [6.45, 7) is 0. The molecule has 0 atom stereocenters. The van der Waals surface area contributed by atoms with Gasteiger partial charge < -0.3 is 5.73 Å². The molecule has 0 bridgehead atoms. The summed E-state index contributed by atoms with van der Waals surface area (Å²) in [4.78, 5) is 26.6. The van der Waals surface area contributed by atoms with Crippen molar-refractivity contribution in [1.82, 2.24) is 14.8 Å². The number of nitrogens with zero attached hydrogens (tertiary/aromatic N) is 5. The highest BCUT2D eigenvalue weighted by Crippen LogP contribution is 2.29. The first-order valence-electron chi connectivity index (χ1n) is 6.68. The number of thiazole rings is 1. The average Bonchev–Trinajstić information content (AvgIpc) is 3.21. The van der Waals surface area contributed by atoms with Gasteiger partial charge in [-0.25, -0.2) is 4.98 Å². The van der Waals surface area contributed by atoms with Crippen molar-refractivity contribution in [3.8, 4) is 11.3 Å². The fourth-order valence-corrected chi connectivity index (χ4v) is 2.57. The first kappa shape index (κ1) is 16.6. The molecule has 12 heteroatoms. The zero-order chi connectivity index (χ0) is 18.0. The van der Waals surface area contributed by atoms with Gasteiger partial charge >= 0.3 is 5.56 Å². The van der Waals surface area contributed by atoms with Gasteiger partial charge in [-0.05, 0) is 24.4 Å². The molecule has 0 amide bonds. The zero-order valence-corrected chi connectivity index (χ0v) is 14.0. The molecule has 25 heavy (non-hydrogen) atoms. The molecule has 0 aliphatic rings. The van der Waals surface area contributed by atoms with Gasteiger partial charge in [0.2, 0.25) is 5.13 Å². The van der Waals surface area contributed by atoms with Crippen LogP contribution in [0.1, 0.15) is 0 Å². The number of H-pyrrole nitrogens is 1. The van der Waals surface area contributed by atoms with E-state index in [1.165, 1.54) is 35.6 Å². The number of thiocarbonyl (C=S) groups is 1. The lowest BCUT2D eigenvalue weighted by Crippen LogP contribution is -2.29. The highest BCUT2D eigenvalue weighted by Gasteiger charge is 2.18. The first-order chi connectivity index (χ1) is 12.0. The number of aromatic amines is 1. The smallest absolute Gasteiger partial charge is 0.301 e. The van der Waals surface area contributed by atoms with E-state index in [1.807, 2.05) is 0 Å². The topological polar surface area (TPSA) is 145 Å². The number of nitro groups is 1. The number of azo groups is 1. The van der Waals surface area contributed by atoms with Gasteiger partial charge in [0.05, 0.1) is 10.6 Å². The van der Waals surface area contributed by atoms with Gasteiger partial charge in [-0.15, -0.1) is 21.6 Å². The largest absolute Gasteiger partial charge is 0.374 e. The van der Waals surface area contributed by atoms with Crippen LogP contribution in [0.15, 0.2) is 50.9 Å². The number of nitrogens with one attached hydrogen (secondary N) is 1. The van der Waals surface area contributed by atoms with E-state index in [4.69, 9.17) is 18.0 Å². The second-order valence-electron chi connectivity index (χ2n) is 4.63. The minimum atomic E-state index is -0.582. The quantitative estimate of drug-likeness (QED) is 0.310. The number of benzene rings is 1. The molecule has 0 spiro atoms. The molecule has 0 fully saturated rings. The minimum Gasteiger partial charge on any atom is -0.374 e. The average molecular weight is 375 g/mol. The summed E-state index contributed by atoms with van der Waals surface area (Å²) < 4.78 is 0.947. The summed E-state index contributed by atoms with van der Waals surface area (Å²) in [7, 11) is 0. The van der Waals surface area contributed by atoms with Gasteiger partial charge in [0.15, 0.2) is 10.8 Å². The summed E-state index contributed by atoms with van der Waals surface area (Å²) in [5.41, 5.74) is 5.61. The number of nitro benzene ring substituents is 1. The van der Waals surface area contributed by atoms with Crippen LogP contribution >= 0.6 is 23.6 Å². The Labute approximate surface area is 148 Å². The maximum absolute atomic E-state index is 12.4. The molecular weight excluding hydrogens is 366 g/mol. The number of nitrogens with two attached hydrogens (primary N) is 1. The van der Waals surface area contributed by atoms with Crippen LogP contribution in [0.3, 0.4) is 0 Å². The van der Waals surface area contributed by atoms with Crippen LogP contribution in [0.5, 0.6) is 0 Å². The monoisotopic (exact) mass is 375 g/mol. The summed E-state index contributed by atoms with van der Waals surface area (Å²) in [5, 5.41) is 23.3. The number of hydrogen-bond donors (Lipinski definition) is 2. The van der Waals surface area contributed by atoms with Crippen LogP contribution in [-0.2, 0) is 0 Å². The van der Waals surface area contributed by atoms with Gasteiger partial charge in [0.25, 0.3) is 5.69 Å². The Morgan fingerprint density at radius 3 is 2.64 bits per heavy atom. The maximum atomic E-state index is 12.4. The van der Waals surface area contributed by atoms with Crippen molar-refractivity contribution < 1.29 is 4.92 Å². The molecule has 1 aromatic carbocycles. The van der Waals surface area contributed by atoms with Crippen LogP contribution in [-0.4, -0.2) is 24.8 Å². The normalized spacial score (nSPS) is 11.0. The lowest BCUT2D eigenvalue weighted by molar-refractivity contribution is -0.384. The molecule has 10 nitrogen and oxygen atoms in total. The third-order valence-corrected chi connectivity index (χ3v) is 3.95. The molecule has 0 aliphatic heterocycles. The number of aromatic nitrogens is 3. The van der Waals surface area contributed by atoms with Gasteiger partial charge in [-0.2, -0.15) is 4.68 Å². The highest BCUT2D eigenvalue weighted by atomic mass is 32.1. The summed E-state index contributed by atoms with van der Waals surface area (Å²) in [5.74, 6) is 0. The lowest BCUT2D eigenvalue weighted by atomic mass is 10.1. The zero-order valence-electron chi connectivity index (χ0n) is 12.3. The van der Waals surface area contributed by atoms with Gasteiger partial charge in [0.1, 0.15) is 0 Å². The summed E-state index contributed by atoms with van der Waals surface area (Å²) >= 11 is 6.08. The Balaban J connectivity index is 2.11. The molecule has 3 rings (SSSR count). The molecular formula is C13H9N7O3S2. The number of non-ortho nitro benzene ring substituents is 1. The molecule has 0 saturated carbocycles. The van der Waals surface area contributed by atoms with Gasteiger partial charge in [-0.1, -0.05) is 0 Å². The minimum absolute atomic E-state index is 0.0307. The van der Waals surface area contributed by atoms with E-state index >= 15 is 0 Å². The summed E-state index contributed by atoms with van der Waals surface area (Å²) in [6, 6.07) is 5.59. The van der Waals surface area contributed by atoms with Gasteiger partial charge in [-0.3, -0.25) is 20.0 Å². The van der Waals surface area contributed by atoms with Crippen molar-refractivity contribution in [3.63, 3.8) is 0 Å². The van der Waals surface area contributed by atoms with Crippen LogP contribution in [0.25, 0.3) is 11.3 Å². The van der Waals surface area contributed by atoms with Crippen LogP contribution < -0.4 is 11.3 Å². The van der Waals surface area contributed by atoms with E-state index < -0.39 is 10.5 Å². The Morgan fingerprint density at radius 2 is 2.08 bits per heavy atom. The van der Waals surface area contributed by atoms with Crippen LogP contribution in [0, 0.1) is 10.1 Å². The van der Waals surface area contributed by atoms with E-state index in [-0.39, 0.29) is 22.2 Å². The van der Waals surface area contributed by atoms with Crippen molar-refractivity contribution in [2.24, 2.45) is 16.0 Å². The van der Waals surface area contributed by atoms with Crippen molar-refractivity contribution in [3.05, 3.63) is 56.3 Å². The molecule has 2 heterocycles. The Kier molecular flexibility index (Phi) is 4.45. The molecule has 3 aromatic rings. The standard InChI is InChI=1S/C13H9N7O3S2/c14-12(24)19-11(21)10(16-17-13-15-5-6-25-13)9(18-19)7-1-3-8(4-2-7)20(22)23/h1-6,18H,(H2,14,24). The predicted molar refractivity (Wildman–Crippen MR) is 95.6 cm³/mol. The number of rotatable bonds is 4. The SMILES string of the molecule is NC(=S)n1[nH]c(-c2ccc([N+](=O)[O-])cc2)c(N=Nc2nccs2)c1=O. The lowest BCUT2D eigenvalue weighted by Gasteiger charge is -1.99. The molecule has 3 N–H and O–H groups in total. The molecule has 0 aliphatic carbocycles. The third kappa shape index (κ3) is 3.34. The Morgan fingerprint density at radius 1 is 1.36 bits per heavy atom. The first-order valence-corrected chi connectivity index (χ1v) is 7.97.